The summed E-state index contributed by atoms with van der Waals surface area (Å²) >= 11 is 0. The minimum Gasteiger partial charge on any atom is -0.325 e. The molecule has 0 atom stereocenters. The maximum absolute atomic E-state index is 11.3. The molecule has 0 saturated carbocycles. The topological polar surface area (TPSA) is 29.1 Å². The molecule has 0 radical (unpaired) electrons. The van der Waals surface area contributed by atoms with Gasteiger partial charge in [0, 0.05) is 17.7 Å². The maximum atomic E-state index is 11.3. The van der Waals surface area contributed by atoms with E-state index < -0.39 is 0 Å². The summed E-state index contributed by atoms with van der Waals surface area (Å²) in [5, 5.41) is 2.90. The Morgan fingerprint density at radius 1 is 1.29 bits per heavy atom. The highest BCUT2D eigenvalue weighted by Gasteiger charge is 2.11. The molecule has 0 aromatic heterocycles. The number of carbonyl (C=O) groups excluding carboxylic acids is 1. The molecule has 14 heavy (non-hydrogen) atoms. The Morgan fingerprint density at radius 2 is 2.07 bits per heavy atom. The summed E-state index contributed by atoms with van der Waals surface area (Å²) in [6.45, 7) is 4.06. The number of rotatable bonds is 0. The first-order valence-corrected chi connectivity index (χ1v) is 4.74. The average molecular weight is 187 g/mol. The smallest absolute Gasteiger partial charge is 0.228 e. The van der Waals surface area contributed by atoms with E-state index in [2.05, 4.69) is 17.4 Å². The fourth-order valence-electron chi connectivity index (χ4n) is 1.66. The van der Waals surface area contributed by atoms with Crippen molar-refractivity contribution in [3.05, 3.63) is 35.4 Å². The number of carbonyl (C=O) groups is 1. The van der Waals surface area contributed by atoms with Crippen molar-refractivity contribution in [2.45, 2.75) is 20.3 Å². The zero-order valence-corrected chi connectivity index (χ0v) is 8.42. The van der Waals surface area contributed by atoms with Crippen LogP contribution in [0.25, 0.3) is 5.57 Å². The van der Waals surface area contributed by atoms with E-state index in [0.29, 0.717) is 6.42 Å². The molecule has 1 N–H and O–H groups in total. The number of anilines is 1. The van der Waals surface area contributed by atoms with Crippen molar-refractivity contribution < 1.29 is 4.79 Å². The van der Waals surface area contributed by atoms with E-state index in [1.165, 1.54) is 11.1 Å². The third-order valence-corrected chi connectivity index (χ3v) is 2.47. The molecule has 2 heteroatoms. The quantitative estimate of drug-likeness (QED) is 0.664. The van der Waals surface area contributed by atoms with Gasteiger partial charge in [0.05, 0.1) is 0 Å². The number of amides is 1. The molecule has 0 fully saturated rings. The number of aryl methyl sites for hydroxylation is 1. The van der Waals surface area contributed by atoms with Crippen LogP contribution < -0.4 is 5.32 Å². The number of hydrogen-bond acceptors (Lipinski definition) is 1. The van der Waals surface area contributed by atoms with Crippen LogP contribution in [0.3, 0.4) is 0 Å². The Bertz CT molecular complexity index is 418. The van der Waals surface area contributed by atoms with Gasteiger partial charge in [0.25, 0.3) is 0 Å². The van der Waals surface area contributed by atoms with Crippen LogP contribution in [0.5, 0.6) is 0 Å². The molecule has 72 valence electrons. The summed E-state index contributed by atoms with van der Waals surface area (Å²) in [5.41, 5.74) is 4.39. The largest absolute Gasteiger partial charge is 0.325 e. The van der Waals surface area contributed by atoms with Crippen LogP contribution in [0.2, 0.25) is 0 Å². The number of nitrogens with one attached hydrogen (secondary N) is 1. The normalized spacial score (nSPS) is 15.3. The Morgan fingerprint density at radius 3 is 2.86 bits per heavy atom. The molecule has 2 rings (SSSR count). The monoisotopic (exact) mass is 187 g/mol. The predicted octanol–water partition coefficient (Wildman–Crippen LogP) is 2.74. The van der Waals surface area contributed by atoms with Crippen LogP contribution in [0.15, 0.2) is 24.3 Å². The fourth-order valence-corrected chi connectivity index (χ4v) is 1.66. The molecule has 0 aliphatic carbocycles. The van der Waals surface area contributed by atoms with Gasteiger partial charge in [-0.05, 0) is 31.1 Å². The molecule has 1 amide bonds. The first-order chi connectivity index (χ1) is 6.66. The zero-order chi connectivity index (χ0) is 10.1. The SMILES string of the molecule is CC1=CCC(=O)Nc2cc(C)ccc21. The maximum Gasteiger partial charge on any atom is 0.228 e. The van der Waals surface area contributed by atoms with Gasteiger partial charge in [0.1, 0.15) is 0 Å². The highest BCUT2D eigenvalue weighted by Crippen LogP contribution is 2.27. The van der Waals surface area contributed by atoms with Gasteiger partial charge in [-0.15, -0.1) is 0 Å². The minimum absolute atomic E-state index is 0.0636. The lowest BCUT2D eigenvalue weighted by atomic mass is 10.0. The highest BCUT2D eigenvalue weighted by molar-refractivity contribution is 5.98. The molecule has 0 saturated heterocycles. The standard InChI is InChI=1S/C12H13NO/c1-8-3-5-10-9(2)4-6-12(14)13-11(10)7-8/h3-5,7H,6H2,1-2H3,(H,13,14). The summed E-state index contributed by atoms with van der Waals surface area (Å²) in [5.74, 6) is 0.0636. The van der Waals surface area contributed by atoms with E-state index in [9.17, 15) is 4.79 Å². The van der Waals surface area contributed by atoms with E-state index in [4.69, 9.17) is 0 Å². The fraction of sp³-hybridized carbons (Fsp3) is 0.250. The van der Waals surface area contributed by atoms with Crippen molar-refractivity contribution in [2.75, 3.05) is 5.32 Å². The second-order valence-electron chi connectivity index (χ2n) is 3.69. The molecule has 1 aliphatic rings. The number of hydrogen-bond donors (Lipinski definition) is 1. The highest BCUT2D eigenvalue weighted by atomic mass is 16.1. The van der Waals surface area contributed by atoms with Crippen molar-refractivity contribution in [3.8, 4) is 0 Å². The third kappa shape index (κ3) is 1.55. The number of benzene rings is 1. The van der Waals surface area contributed by atoms with Crippen LogP contribution in [0.1, 0.15) is 24.5 Å². The van der Waals surface area contributed by atoms with Gasteiger partial charge >= 0.3 is 0 Å². The van der Waals surface area contributed by atoms with E-state index >= 15 is 0 Å². The average Bonchev–Trinajstić information content (AvgIpc) is 2.26. The second-order valence-corrected chi connectivity index (χ2v) is 3.69. The van der Waals surface area contributed by atoms with Crippen molar-refractivity contribution >= 4 is 17.2 Å². The molecule has 0 spiro atoms. The van der Waals surface area contributed by atoms with Gasteiger partial charge < -0.3 is 5.32 Å². The van der Waals surface area contributed by atoms with E-state index in [-0.39, 0.29) is 5.91 Å². The van der Waals surface area contributed by atoms with Gasteiger partial charge in [-0.3, -0.25) is 4.79 Å². The third-order valence-electron chi connectivity index (χ3n) is 2.47. The Hall–Kier alpha value is -1.57. The van der Waals surface area contributed by atoms with Crippen molar-refractivity contribution in [3.63, 3.8) is 0 Å². The summed E-state index contributed by atoms with van der Waals surface area (Å²) in [6, 6.07) is 6.13. The van der Waals surface area contributed by atoms with Crippen LogP contribution in [0, 0.1) is 6.92 Å². The molecule has 1 heterocycles. The number of fused-ring (bicyclic) bond motifs is 1. The van der Waals surface area contributed by atoms with Crippen LogP contribution in [-0.2, 0) is 4.79 Å². The van der Waals surface area contributed by atoms with Crippen LogP contribution in [-0.4, -0.2) is 5.91 Å². The van der Waals surface area contributed by atoms with Gasteiger partial charge in [-0.1, -0.05) is 18.2 Å². The van der Waals surface area contributed by atoms with Crippen molar-refractivity contribution in [1.29, 1.82) is 0 Å². The molecule has 1 aromatic carbocycles. The molecule has 1 aromatic rings. The van der Waals surface area contributed by atoms with E-state index in [0.717, 1.165) is 11.3 Å². The first-order valence-electron chi connectivity index (χ1n) is 4.74. The molecular weight excluding hydrogens is 174 g/mol. The second kappa shape index (κ2) is 3.29. The zero-order valence-electron chi connectivity index (χ0n) is 8.42. The molecule has 2 nitrogen and oxygen atoms in total. The van der Waals surface area contributed by atoms with Gasteiger partial charge in [0.2, 0.25) is 5.91 Å². The Balaban J connectivity index is 2.56. The van der Waals surface area contributed by atoms with Crippen molar-refractivity contribution in [2.24, 2.45) is 0 Å². The molecular formula is C12H13NO. The van der Waals surface area contributed by atoms with E-state index in [1.54, 1.807) is 0 Å². The predicted molar refractivity (Wildman–Crippen MR) is 58.1 cm³/mol. The number of allylic oxidation sites excluding steroid dienone is 1. The van der Waals surface area contributed by atoms with Gasteiger partial charge in [-0.2, -0.15) is 0 Å². The molecule has 0 bridgehead atoms. The first kappa shape index (κ1) is 9.00. The van der Waals surface area contributed by atoms with Gasteiger partial charge in [-0.25, -0.2) is 0 Å². The summed E-state index contributed by atoms with van der Waals surface area (Å²) in [4.78, 5) is 11.3. The lowest BCUT2D eigenvalue weighted by Gasteiger charge is -2.08. The van der Waals surface area contributed by atoms with Gasteiger partial charge in [0.15, 0.2) is 0 Å². The minimum atomic E-state index is 0.0636. The molecule has 1 aliphatic heterocycles. The van der Waals surface area contributed by atoms with Crippen LogP contribution >= 0.6 is 0 Å². The van der Waals surface area contributed by atoms with Crippen molar-refractivity contribution in [1.82, 2.24) is 0 Å². The van der Waals surface area contributed by atoms with E-state index in [1.807, 2.05) is 26.0 Å². The Kier molecular flexibility index (Phi) is 2.12. The van der Waals surface area contributed by atoms with Crippen LogP contribution in [0.4, 0.5) is 5.69 Å². The summed E-state index contributed by atoms with van der Waals surface area (Å²) in [7, 11) is 0. The lowest BCUT2D eigenvalue weighted by molar-refractivity contribution is -0.115. The summed E-state index contributed by atoms with van der Waals surface area (Å²) < 4.78 is 0. The molecule has 0 unspecified atom stereocenters. The summed E-state index contributed by atoms with van der Waals surface area (Å²) in [6.07, 6.45) is 2.44. The lowest BCUT2D eigenvalue weighted by Crippen LogP contribution is -2.09. The Labute approximate surface area is 83.6 Å².